The van der Waals surface area contributed by atoms with Crippen molar-refractivity contribution in [3.05, 3.63) is 68.8 Å². The average Bonchev–Trinajstić information content (AvgIpc) is 3.31. The Labute approximate surface area is 223 Å². The maximum atomic E-state index is 13.0. The Morgan fingerprint density at radius 1 is 1.09 bits per heavy atom. The molecule has 0 bridgehead atoms. The lowest BCUT2D eigenvalue weighted by Crippen LogP contribution is -2.30. The van der Waals surface area contributed by atoms with E-state index in [9.17, 15) is 14.4 Å². The molecule has 2 rings (SSSR count). The van der Waals surface area contributed by atoms with Crippen LogP contribution in [0.25, 0.3) is 0 Å². The van der Waals surface area contributed by atoms with E-state index in [1.54, 1.807) is 31.2 Å². The van der Waals surface area contributed by atoms with Gasteiger partial charge < -0.3 is 16.0 Å². The molecule has 1 fully saturated rings. The van der Waals surface area contributed by atoms with Gasteiger partial charge in [-0.2, -0.15) is 0 Å². The molecule has 0 heterocycles. The first kappa shape index (κ1) is 28.5. The van der Waals surface area contributed by atoms with Crippen LogP contribution in [0.2, 0.25) is 10.0 Å². The quantitative estimate of drug-likeness (QED) is 0.157. The Morgan fingerprint density at radius 3 is 2.21 bits per heavy atom. The highest BCUT2D eigenvalue weighted by atomic mass is 35.5. The second-order valence-electron chi connectivity index (χ2n) is 7.62. The molecule has 0 spiro atoms. The number of nitrogens with one attached hydrogen (secondary N) is 3. The van der Waals surface area contributed by atoms with Gasteiger partial charge in [0.25, 0.3) is 5.91 Å². The van der Waals surface area contributed by atoms with Gasteiger partial charge in [-0.3, -0.25) is 14.4 Å². The average molecular weight is 568 g/mol. The molecule has 0 aromatic heterocycles. The van der Waals surface area contributed by atoms with Crippen LogP contribution in [-0.4, -0.2) is 35.1 Å². The van der Waals surface area contributed by atoms with E-state index in [1.807, 2.05) is 0 Å². The number of alkyl halides is 2. The predicted octanol–water partition coefficient (Wildman–Crippen LogP) is 5.22. The number of rotatable bonds is 10. The van der Waals surface area contributed by atoms with E-state index in [1.165, 1.54) is 13.0 Å². The molecule has 6 nitrogen and oxygen atoms in total. The Bertz CT molecular complexity index is 1030. The van der Waals surface area contributed by atoms with Crippen LogP contribution in [-0.2, 0) is 14.4 Å². The summed E-state index contributed by atoms with van der Waals surface area (Å²) in [6, 6.07) is 4.89. The standard InChI is InChI=1S/C23H24Cl5N3O3/c1-4-17(11-18(12(2)24)21(33)30-7-5-6-29-13(3)32)31-22(34)20-19(23(20,27)28)14-8-15(25)10-16(26)9-14/h4,8-11,19-20H,2,5-7H2,1,3H3,(H,29,32)(H,30,33)(H,31,34)/b17-4+,18-11+. The van der Waals surface area contributed by atoms with Crippen LogP contribution in [0.15, 0.2) is 53.2 Å². The number of halogens is 5. The van der Waals surface area contributed by atoms with E-state index in [0.29, 0.717) is 40.8 Å². The van der Waals surface area contributed by atoms with Gasteiger partial charge in [-0.25, -0.2) is 0 Å². The maximum Gasteiger partial charge on any atom is 0.252 e. The fourth-order valence-corrected chi connectivity index (χ4v) is 4.82. The van der Waals surface area contributed by atoms with Gasteiger partial charge in [0.15, 0.2) is 0 Å². The Hall–Kier alpha value is -1.70. The van der Waals surface area contributed by atoms with Crippen molar-refractivity contribution in [1.29, 1.82) is 0 Å². The molecule has 1 aliphatic rings. The molecule has 1 aliphatic carbocycles. The topological polar surface area (TPSA) is 87.3 Å². The molecule has 2 unspecified atom stereocenters. The lowest BCUT2D eigenvalue weighted by Gasteiger charge is -2.11. The minimum atomic E-state index is -1.34. The van der Waals surface area contributed by atoms with Gasteiger partial charge in [0, 0.05) is 46.7 Å². The van der Waals surface area contributed by atoms with Crippen LogP contribution in [0.1, 0.15) is 31.7 Å². The van der Waals surface area contributed by atoms with Gasteiger partial charge in [0.1, 0.15) is 4.33 Å². The van der Waals surface area contributed by atoms with Crippen LogP contribution in [0.4, 0.5) is 0 Å². The van der Waals surface area contributed by atoms with Gasteiger partial charge >= 0.3 is 0 Å². The highest BCUT2D eigenvalue weighted by molar-refractivity contribution is 6.53. The van der Waals surface area contributed by atoms with Crippen molar-refractivity contribution in [2.45, 2.75) is 30.5 Å². The predicted molar refractivity (Wildman–Crippen MR) is 138 cm³/mol. The Morgan fingerprint density at radius 2 is 1.68 bits per heavy atom. The third-order valence-corrected chi connectivity index (χ3v) is 6.59. The molecule has 1 aromatic rings. The van der Waals surface area contributed by atoms with Crippen molar-refractivity contribution in [2.75, 3.05) is 13.1 Å². The van der Waals surface area contributed by atoms with Gasteiger partial charge in [-0.15, -0.1) is 23.2 Å². The summed E-state index contributed by atoms with van der Waals surface area (Å²) in [5.74, 6) is -2.34. The lowest BCUT2D eigenvalue weighted by atomic mass is 10.1. The van der Waals surface area contributed by atoms with Crippen molar-refractivity contribution in [3.63, 3.8) is 0 Å². The zero-order valence-electron chi connectivity index (χ0n) is 18.5. The fraction of sp³-hybridized carbons (Fsp3) is 0.348. The third kappa shape index (κ3) is 7.65. The zero-order chi connectivity index (χ0) is 25.6. The normalized spacial score (nSPS) is 19.3. The Kier molecular flexibility index (Phi) is 10.3. The number of hydrogen-bond donors (Lipinski definition) is 3. The van der Waals surface area contributed by atoms with E-state index in [4.69, 9.17) is 58.0 Å². The van der Waals surface area contributed by atoms with Crippen molar-refractivity contribution < 1.29 is 14.4 Å². The first-order valence-corrected chi connectivity index (χ1v) is 12.2. The molecule has 0 aliphatic heterocycles. The van der Waals surface area contributed by atoms with Crippen LogP contribution in [0.5, 0.6) is 0 Å². The maximum absolute atomic E-state index is 13.0. The summed E-state index contributed by atoms with van der Waals surface area (Å²) in [4.78, 5) is 36.4. The molecule has 0 radical (unpaired) electrons. The van der Waals surface area contributed by atoms with E-state index in [0.717, 1.165) is 0 Å². The van der Waals surface area contributed by atoms with Crippen LogP contribution in [0.3, 0.4) is 0 Å². The minimum Gasteiger partial charge on any atom is -0.356 e. The summed E-state index contributed by atoms with van der Waals surface area (Å²) in [6.45, 7) is 7.45. The number of benzene rings is 1. The molecule has 2 atom stereocenters. The first-order valence-electron chi connectivity index (χ1n) is 10.3. The molecule has 184 valence electrons. The van der Waals surface area contributed by atoms with Crippen LogP contribution in [0, 0.1) is 5.92 Å². The lowest BCUT2D eigenvalue weighted by molar-refractivity contribution is -0.122. The van der Waals surface area contributed by atoms with Gasteiger partial charge in [0.05, 0.1) is 11.5 Å². The number of allylic oxidation sites excluding steroid dienone is 2. The number of amides is 3. The SMILES string of the molecule is C=C(Cl)/C(=C\C(=C/C)NC(=O)C1C(c2cc(Cl)cc(Cl)c2)C1(Cl)Cl)C(=O)NCCCNC(C)=O. The zero-order valence-corrected chi connectivity index (χ0v) is 22.3. The number of carbonyl (C=O) groups is 3. The van der Waals surface area contributed by atoms with E-state index in [2.05, 4.69) is 22.5 Å². The molecule has 1 aromatic carbocycles. The smallest absolute Gasteiger partial charge is 0.252 e. The summed E-state index contributed by atoms with van der Waals surface area (Å²) in [7, 11) is 0. The Balaban J connectivity index is 2.08. The number of hydrogen-bond acceptors (Lipinski definition) is 3. The largest absolute Gasteiger partial charge is 0.356 e. The molecular formula is C23H24Cl5N3O3. The number of carbonyl (C=O) groups excluding carboxylic acids is 3. The van der Waals surface area contributed by atoms with E-state index < -0.39 is 28.0 Å². The van der Waals surface area contributed by atoms with Gasteiger partial charge in [-0.05, 0) is 43.2 Å². The summed E-state index contributed by atoms with van der Waals surface area (Å²) in [5.41, 5.74) is 1.04. The van der Waals surface area contributed by atoms with Crippen molar-refractivity contribution >= 4 is 75.7 Å². The third-order valence-electron chi connectivity index (χ3n) is 5.01. The highest BCUT2D eigenvalue weighted by Gasteiger charge is 2.67. The highest BCUT2D eigenvalue weighted by Crippen LogP contribution is 2.65. The summed E-state index contributed by atoms with van der Waals surface area (Å²) in [6.07, 6.45) is 3.54. The molecule has 3 amide bonds. The minimum absolute atomic E-state index is 0.00476. The molecule has 34 heavy (non-hydrogen) atoms. The second-order valence-corrected chi connectivity index (χ2v) is 10.4. The monoisotopic (exact) mass is 565 g/mol. The summed E-state index contributed by atoms with van der Waals surface area (Å²) in [5, 5.41) is 8.87. The molecule has 3 N–H and O–H groups in total. The van der Waals surface area contributed by atoms with Crippen LogP contribution < -0.4 is 16.0 Å². The summed E-state index contributed by atoms with van der Waals surface area (Å²) >= 11 is 31.0. The molecule has 1 saturated carbocycles. The first-order chi connectivity index (χ1) is 15.9. The van der Waals surface area contributed by atoms with E-state index in [-0.39, 0.29) is 16.5 Å². The van der Waals surface area contributed by atoms with Gasteiger partial charge in [-0.1, -0.05) is 47.5 Å². The van der Waals surface area contributed by atoms with Crippen molar-refractivity contribution in [1.82, 2.24) is 16.0 Å². The summed E-state index contributed by atoms with van der Waals surface area (Å²) < 4.78 is -1.34. The molecule has 0 saturated heterocycles. The molecule has 11 heteroatoms. The van der Waals surface area contributed by atoms with E-state index >= 15 is 0 Å². The van der Waals surface area contributed by atoms with Gasteiger partial charge in [0.2, 0.25) is 11.8 Å². The second kappa shape index (κ2) is 12.3. The van der Waals surface area contributed by atoms with Crippen molar-refractivity contribution in [2.24, 2.45) is 5.92 Å². The fourth-order valence-electron chi connectivity index (χ4n) is 3.31. The van der Waals surface area contributed by atoms with Crippen LogP contribution >= 0.6 is 58.0 Å². The van der Waals surface area contributed by atoms with Crippen molar-refractivity contribution in [3.8, 4) is 0 Å². The molecular weight excluding hydrogens is 544 g/mol.